The van der Waals surface area contributed by atoms with E-state index in [2.05, 4.69) is 28.6 Å². The van der Waals surface area contributed by atoms with Gasteiger partial charge in [-0.15, -0.1) is 0 Å². The molecule has 16 heavy (non-hydrogen) atoms. The molecule has 1 aliphatic rings. The summed E-state index contributed by atoms with van der Waals surface area (Å²) >= 11 is 0. The minimum Gasteiger partial charge on any atom is -0.361 e. The summed E-state index contributed by atoms with van der Waals surface area (Å²) in [7, 11) is 0. The summed E-state index contributed by atoms with van der Waals surface area (Å²) in [5, 5.41) is 4.27. The Morgan fingerprint density at radius 1 is 1.31 bits per heavy atom. The summed E-state index contributed by atoms with van der Waals surface area (Å²) in [5.74, 6) is 0.185. The van der Waals surface area contributed by atoms with Gasteiger partial charge in [-0.3, -0.25) is 4.79 Å². The zero-order valence-corrected chi connectivity index (χ0v) is 8.99. The molecule has 2 N–H and O–H groups in total. The average Bonchev–Trinajstić information content (AvgIpc) is 2.87. The molecule has 1 unspecified atom stereocenters. The predicted molar refractivity (Wildman–Crippen MR) is 63.2 cm³/mol. The van der Waals surface area contributed by atoms with Gasteiger partial charge in [-0.2, -0.15) is 0 Å². The molecule has 1 saturated heterocycles. The fourth-order valence-corrected chi connectivity index (χ4v) is 2.40. The Kier molecular flexibility index (Phi) is 2.17. The van der Waals surface area contributed by atoms with Gasteiger partial charge in [-0.05, 0) is 24.5 Å². The lowest BCUT2D eigenvalue weighted by Crippen LogP contribution is -2.27. The van der Waals surface area contributed by atoms with E-state index in [1.165, 1.54) is 16.5 Å². The first-order chi connectivity index (χ1) is 7.83. The van der Waals surface area contributed by atoms with Crippen LogP contribution in [0, 0.1) is 0 Å². The van der Waals surface area contributed by atoms with Crippen molar-refractivity contribution in [2.45, 2.75) is 25.3 Å². The van der Waals surface area contributed by atoms with Gasteiger partial charge in [0.1, 0.15) is 0 Å². The SMILES string of the molecule is O=C1CCC(Cc2c[nH]c3ccccc23)N1. The van der Waals surface area contributed by atoms with Gasteiger partial charge >= 0.3 is 0 Å². The fraction of sp³-hybridized carbons (Fsp3) is 0.308. The number of rotatable bonds is 2. The van der Waals surface area contributed by atoms with Crippen molar-refractivity contribution in [3.8, 4) is 0 Å². The number of nitrogens with one attached hydrogen (secondary N) is 2. The van der Waals surface area contributed by atoms with Gasteiger partial charge in [-0.1, -0.05) is 18.2 Å². The molecule has 3 heteroatoms. The number of carbonyl (C=O) groups is 1. The fourth-order valence-electron chi connectivity index (χ4n) is 2.40. The molecule has 82 valence electrons. The van der Waals surface area contributed by atoms with Crippen LogP contribution in [0.25, 0.3) is 10.9 Å². The molecule has 1 aromatic heterocycles. The van der Waals surface area contributed by atoms with Gasteiger partial charge in [0.05, 0.1) is 0 Å². The Morgan fingerprint density at radius 2 is 2.19 bits per heavy atom. The standard InChI is InChI=1S/C13H14N2O/c16-13-6-5-10(15-13)7-9-8-14-12-4-2-1-3-11(9)12/h1-4,8,10,14H,5-7H2,(H,15,16). The Morgan fingerprint density at radius 3 is 3.00 bits per heavy atom. The maximum atomic E-state index is 11.1. The molecule has 1 fully saturated rings. The van der Waals surface area contributed by atoms with Crippen LogP contribution in [0.1, 0.15) is 18.4 Å². The van der Waals surface area contributed by atoms with Crippen LogP contribution in [0.2, 0.25) is 0 Å². The van der Waals surface area contributed by atoms with Crippen LogP contribution in [0.5, 0.6) is 0 Å². The van der Waals surface area contributed by atoms with Crippen LogP contribution in [0.15, 0.2) is 30.5 Å². The van der Waals surface area contributed by atoms with E-state index in [0.29, 0.717) is 12.5 Å². The number of para-hydroxylation sites is 1. The van der Waals surface area contributed by atoms with Crippen LogP contribution >= 0.6 is 0 Å². The largest absolute Gasteiger partial charge is 0.361 e. The maximum absolute atomic E-state index is 11.1. The molecule has 3 rings (SSSR count). The van der Waals surface area contributed by atoms with Crippen molar-refractivity contribution in [3.63, 3.8) is 0 Å². The number of aromatic nitrogens is 1. The molecule has 0 radical (unpaired) electrons. The third-order valence-corrected chi connectivity index (χ3v) is 3.23. The summed E-state index contributed by atoms with van der Waals surface area (Å²) in [6.07, 6.45) is 4.61. The lowest BCUT2D eigenvalue weighted by atomic mass is 10.0. The average molecular weight is 214 g/mol. The Labute approximate surface area is 93.9 Å². The molecule has 0 saturated carbocycles. The zero-order valence-electron chi connectivity index (χ0n) is 8.99. The third kappa shape index (κ3) is 1.58. The van der Waals surface area contributed by atoms with Crippen LogP contribution < -0.4 is 5.32 Å². The van der Waals surface area contributed by atoms with Crippen molar-refractivity contribution < 1.29 is 4.79 Å². The molecule has 3 nitrogen and oxygen atoms in total. The van der Waals surface area contributed by atoms with Gasteiger partial charge < -0.3 is 10.3 Å². The van der Waals surface area contributed by atoms with Crippen molar-refractivity contribution in [2.24, 2.45) is 0 Å². The van der Waals surface area contributed by atoms with Crippen molar-refractivity contribution in [2.75, 3.05) is 0 Å². The summed E-state index contributed by atoms with van der Waals surface area (Å²) in [5.41, 5.74) is 2.46. The number of carbonyl (C=O) groups excluding carboxylic acids is 1. The van der Waals surface area contributed by atoms with Crippen LogP contribution in [-0.4, -0.2) is 16.9 Å². The Bertz CT molecular complexity index is 529. The second kappa shape index (κ2) is 3.67. The Balaban J connectivity index is 1.86. The van der Waals surface area contributed by atoms with Crippen LogP contribution in [-0.2, 0) is 11.2 Å². The lowest BCUT2D eigenvalue weighted by molar-refractivity contribution is -0.119. The summed E-state index contributed by atoms with van der Waals surface area (Å²) in [4.78, 5) is 14.4. The normalized spacial score (nSPS) is 20.2. The van der Waals surface area contributed by atoms with Crippen molar-refractivity contribution in [1.29, 1.82) is 0 Å². The highest BCUT2D eigenvalue weighted by atomic mass is 16.1. The second-order valence-corrected chi connectivity index (χ2v) is 4.37. The molecule has 1 aromatic carbocycles. The quantitative estimate of drug-likeness (QED) is 0.789. The van der Waals surface area contributed by atoms with E-state index >= 15 is 0 Å². The minimum atomic E-state index is 0.185. The minimum absolute atomic E-state index is 0.185. The number of aromatic amines is 1. The molecule has 1 aliphatic heterocycles. The number of H-pyrrole nitrogens is 1. The molecule has 0 spiro atoms. The maximum Gasteiger partial charge on any atom is 0.220 e. The highest BCUT2D eigenvalue weighted by Gasteiger charge is 2.21. The van der Waals surface area contributed by atoms with Crippen LogP contribution in [0.4, 0.5) is 0 Å². The molecule has 0 bridgehead atoms. The number of amides is 1. The summed E-state index contributed by atoms with van der Waals surface area (Å²) in [6.45, 7) is 0. The van der Waals surface area contributed by atoms with Crippen molar-refractivity contribution >= 4 is 16.8 Å². The topological polar surface area (TPSA) is 44.9 Å². The monoisotopic (exact) mass is 214 g/mol. The van der Waals surface area contributed by atoms with Crippen LogP contribution in [0.3, 0.4) is 0 Å². The molecule has 2 aromatic rings. The predicted octanol–water partition coefficient (Wildman–Crippen LogP) is 1.99. The van der Waals surface area contributed by atoms with Gasteiger partial charge in [0, 0.05) is 29.6 Å². The van der Waals surface area contributed by atoms with Crippen molar-refractivity contribution in [1.82, 2.24) is 10.3 Å². The van der Waals surface area contributed by atoms with E-state index in [1.807, 2.05) is 12.1 Å². The van der Waals surface area contributed by atoms with E-state index < -0.39 is 0 Å². The first kappa shape index (κ1) is 9.46. The molecule has 1 amide bonds. The molecule has 2 heterocycles. The number of fused-ring (bicyclic) bond motifs is 1. The number of benzene rings is 1. The highest BCUT2D eigenvalue weighted by molar-refractivity contribution is 5.83. The van der Waals surface area contributed by atoms with E-state index in [4.69, 9.17) is 0 Å². The lowest BCUT2D eigenvalue weighted by Gasteiger charge is -2.08. The summed E-state index contributed by atoms with van der Waals surface area (Å²) < 4.78 is 0. The second-order valence-electron chi connectivity index (χ2n) is 4.37. The smallest absolute Gasteiger partial charge is 0.220 e. The summed E-state index contributed by atoms with van der Waals surface area (Å²) in [6, 6.07) is 8.59. The number of hydrogen-bond acceptors (Lipinski definition) is 1. The van der Waals surface area contributed by atoms with E-state index in [-0.39, 0.29) is 5.91 Å². The van der Waals surface area contributed by atoms with Crippen molar-refractivity contribution in [3.05, 3.63) is 36.0 Å². The van der Waals surface area contributed by atoms with Gasteiger partial charge in [0.15, 0.2) is 0 Å². The zero-order chi connectivity index (χ0) is 11.0. The molecular weight excluding hydrogens is 200 g/mol. The van der Waals surface area contributed by atoms with Gasteiger partial charge in [0.2, 0.25) is 5.91 Å². The third-order valence-electron chi connectivity index (χ3n) is 3.23. The first-order valence-corrected chi connectivity index (χ1v) is 5.67. The molecule has 0 aliphatic carbocycles. The first-order valence-electron chi connectivity index (χ1n) is 5.67. The molecule has 1 atom stereocenters. The van der Waals surface area contributed by atoms with Gasteiger partial charge in [-0.25, -0.2) is 0 Å². The van der Waals surface area contributed by atoms with E-state index in [9.17, 15) is 4.79 Å². The van der Waals surface area contributed by atoms with E-state index in [1.54, 1.807) is 0 Å². The Hall–Kier alpha value is -1.77. The number of hydrogen-bond donors (Lipinski definition) is 2. The van der Waals surface area contributed by atoms with Gasteiger partial charge in [0.25, 0.3) is 0 Å². The highest BCUT2D eigenvalue weighted by Crippen LogP contribution is 2.21. The van der Waals surface area contributed by atoms with E-state index in [0.717, 1.165) is 12.8 Å². The molecular formula is C13H14N2O.